The van der Waals surface area contributed by atoms with Gasteiger partial charge in [-0.25, -0.2) is 0 Å². The highest BCUT2D eigenvalue weighted by Crippen LogP contribution is 2.32. The van der Waals surface area contributed by atoms with Crippen molar-refractivity contribution in [1.29, 1.82) is 0 Å². The van der Waals surface area contributed by atoms with Gasteiger partial charge in [-0.05, 0) is 30.2 Å². The molecule has 1 N–H and O–H groups in total. The predicted octanol–water partition coefficient (Wildman–Crippen LogP) is 2.52. The fraction of sp³-hybridized carbons (Fsp3) is 1.00. The van der Waals surface area contributed by atoms with Crippen LogP contribution in [-0.2, 0) is 0 Å². The fourth-order valence-corrected chi connectivity index (χ4v) is 2.70. The van der Waals surface area contributed by atoms with Crippen LogP contribution in [0.3, 0.4) is 0 Å². The lowest BCUT2D eigenvalue weighted by atomic mass is 9.79. The van der Waals surface area contributed by atoms with E-state index in [9.17, 15) is 0 Å². The third-order valence-electron chi connectivity index (χ3n) is 3.24. The van der Waals surface area contributed by atoms with Crippen LogP contribution in [0.5, 0.6) is 0 Å². The molecule has 1 fully saturated rings. The molecule has 0 aromatic heterocycles. The van der Waals surface area contributed by atoms with Crippen LogP contribution in [0.15, 0.2) is 0 Å². The normalized spacial score (nSPS) is 36.8. The van der Waals surface area contributed by atoms with E-state index in [4.69, 9.17) is 0 Å². The minimum absolute atomic E-state index is 0.750. The van der Waals surface area contributed by atoms with Crippen LogP contribution in [-0.4, -0.2) is 12.6 Å². The van der Waals surface area contributed by atoms with Gasteiger partial charge < -0.3 is 5.32 Å². The lowest BCUT2D eigenvalue weighted by molar-refractivity contribution is 0.245. The van der Waals surface area contributed by atoms with Gasteiger partial charge in [0.05, 0.1) is 0 Å². The van der Waals surface area contributed by atoms with Gasteiger partial charge in [0, 0.05) is 6.04 Å². The van der Waals surface area contributed by atoms with Crippen LogP contribution in [0.25, 0.3) is 0 Å². The predicted molar refractivity (Wildman–Crippen MR) is 54.1 cm³/mol. The minimum Gasteiger partial charge on any atom is -0.313 e. The Kier molecular flexibility index (Phi) is 3.16. The molecular weight excluding hydrogens is 146 g/mol. The second-order valence-corrected chi connectivity index (χ2v) is 4.98. The molecule has 1 rings (SSSR count). The van der Waals surface area contributed by atoms with Crippen molar-refractivity contribution in [2.75, 3.05) is 6.54 Å². The van der Waals surface area contributed by atoms with Crippen LogP contribution in [0.2, 0.25) is 0 Å². The van der Waals surface area contributed by atoms with E-state index in [2.05, 4.69) is 39.9 Å². The third kappa shape index (κ3) is 1.82. The highest BCUT2D eigenvalue weighted by atomic mass is 15.0. The van der Waals surface area contributed by atoms with Gasteiger partial charge >= 0.3 is 0 Å². The standard InChI is InChI=1S/C11H23N/c1-7(2)10-9(5)6-12-11(10)8(3)4/h7-12H,6H2,1-5H3. The molecular formula is C11H23N. The molecule has 0 aliphatic carbocycles. The van der Waals surface area contributed by atoms with E-state index in [0.29, 0.717) is 0 Å². The van der Waals surface area contributed by atoms with Crippen LogP contribution in [0.4, 0.5) is 0 Å². The maximum Gasteiger partial charge on any atom is 0.0124 e. The van der Waals surface area contributed by atoms with Crippen molar-refractivity contribution in [2.45, 2.75) is 40.7 Å². The van der Waals surface area contributed by atoms with E-state index in [1.165, 1.54) is 6.54 Å². The molecule has 0 aromatic carbocycles. The molecule has 0 bridgehead atoms. The van der Waals surface area contributed by atoms with Gasteiger partial charge in [0.2, 0.25) is 0 Å². The SMILES string of the molecule is CC(C)C1NCC(C)C1C(C)C. The summed E-state index contributed by atoms with van der Waals surface area (Å²) in [4.78, 5) is 0. The van der Waals surface area contributed by atoms with Crippen LogP contribution < -0.4 is 5.32 Å². The van der Waals surface area contributed by atoms with Gasteiger partial charge in [0.1, 0.15) is 0 Å². The highest BCUT2D eigenvalue weighted by Gasteiger charge is 2.36. The first-order chi connectivity index (χ1) is 5.54. The maximum atomic E-state index is 3.64. The summed E-state index contributed by atoms with van der Waals surface area (Å²) >= 11 is 0. The van der Waals surface area contributed by atoms with Crippen molar-refractivity contribution < 1.29 is 0 Å². The van der Waals surface area contributed by atoms with E-state index < -0.39 is 0 Å². The number of hydrogen-bond donors (Lipinski definition) is 1. The van der Waals surface area contributed by atoms with Crippen molar-refractivity contribution in [2.24, 2.45) is 23.7 Å². The van der Waals surface area contributed by atoms with E-state index in [1.807, 2.05) is 0 Å². The van der Waals surface area contributed by atoms with E-state index in [1.54, 1.807) is 0 Å². The van der Waals surface area contributed by atoms with E-state index in [0.717, 1.165) is 29.7 Å². The average molecular weight is 169 g/mol. The molecule has 72 valence electrons. The summed E-state index contributed by atoms with van der Waals surface area (Å²) in [5.74, 6) is 3.34. The molecule has 0 amide bonds. The fourth-order valence-electron chi connectivity index (χ4n) is 2.70. The van der Waals surface area contributed by atoms with Crippen molar-refractivity contribution in [1.82, 2.24) is 5.32 Å². The molecule has 1 aliphatic heterocycles. The first-order valence-electron chi connectivity index (χ1n) is 5.27. The van der Waals surface area contributed by atoms with Gasteiger partial charge in [-0.2, -0.15) is 0 Å². The van der Waals surface area contributed by atoms with Crippen molar-refractivity contribution in [3.05, 3.63) is 0 Å². The Morgan fingerprint density at radius 3 is 2.00 bits per heavy atom. The Morgan fingerprint density at radius 1 is 1.08 bits per heavy atom. The molecule has 3 atom stereocenters. The number of hydrogen-bond acceptors (Lipinski definition) is 1. The number of rotatable bonds is 2. The van der Waals surface area contributed by atoms with E-state index in [-0.39, 0.29) is 0 Å². The Hall–Kier alpha value is -0.0400. The van der Waals surface area contributed by atoms with Crippen LogP contribution in [0.1, 0.15) is 34.6 Å². The Bertz CT molecular complexity index is 140. The minimum atomic E-state index is 0.750. The second kappa shape index (κ2) is 3.78. The smallest absolute Gasteiger partial charge is 0.0124 e. The molecule has 1 saturated heterocycles. The molecule has 0 aromatic rings. The number of nitrogens with one attached hydrogen (secondary N) is 1. The van der Waals surface area contributed by atoms with Gasteiger partial charge in [0.15, 0.2) is 0 Å². The first-order valence-corrected chi connectivity index (χ1v) is 5.27. The van der Waals surface area contributed by atoms with Crippen molar-refractivity contribution in [3.8, 4) is 0 Å². The largest absolute Gasteiger partial charge is 0.313 e. The third-order valence-corrected chi connectivity index (χ3v) is 3.24. The quantitative estimate of drug-likeness (QED) is 0.670. The molecule has 3 unspecified atom stereocenters. The molecule has 1 heteroatoms. The van der Waals surface area contributed by atoms with Crippen LogP contribution >= 0.6 is 0 Å². The Balaban J connectivity index is 2.64. The molecule has 0 saturated carbocycles. The summed E-state index contributed by atoms with van der Waals surface area (Å²) in [6, 6.07) is 0.750. The van der Waals surface area contributed by atoms with Crippen molar-refractivity contribution in [3.63, 3.8) is 0 Å². The summed E-state index contributed by atoms with van der Waals surface area (Å²) < 4.78 is 0. The first kappa shape index (κ1) is 10.0. The second-order valence-electron chi connectivity index (χ2n) is 4.98. The Labute approximate surface area is 76.9 Å². The summed E-state index contributed by atoms with van der Waals surface area (Å²) in [5, 5.41) is 3.64. The Morgan fingerprint density at radius 2 is 1.67 bits per heavy atom. The van der Waals surface area contributed by atoms with Crippen LogP contribution in [0, 0.1) is 23.7 Å². The highest BCUT2D eigenvalue weighted by molar-refractivity contribution is 4.91. The van der Waals surface area contributed by atoms with E-state index >= 15 is 0 Å². The lowest BCUT2D eigenvalue weighted by Crippen LogP contribution is -2.35. The molecule has 1 nitrogen and oxygen atoms in total. The van der Waals surface area contributed by atoms with Gasteiger partial charge in [-0.3, -0.25) is 0 Å². The zero-order valence-corrected chi connectivity index (χ0v) is 9.09. The summed E-state index contributed by atoms with van der Waals surface area (Å²) in [6.07, 6.45) is 0. The van der Waals surface area contributed by atoms with Gasteiger partial charge in [-0.15, -0.1) is 0 Å². The summed E-state index contributed by atoms with van der Waals surface area (Å²) in [5.41, 5.74) is 0. The zero-order valence-electron chi connectivity index (χ0n) is 9.09. The maximum absolute atomic E-state index is 3.64. The van der Waals surface area contributed by atoms with Crippen molar-refractivity contribution >= 4 is 0 Å². The molecule has 1 aliphatic rings. The molecule has 1 heterocycles. The summed E-state index contributed by atoms with van der Waals surface area (Å²) in [6.45, 7) is 12.9. The lowest BCUT2D eigenvalue weighted by Gasteiger charge is -2.28. The molecule has 12 heavy (non-hydrogen) atoms. The zero-order chi connectivity index (χ0) is 9.30. The van der Waals surface area contributed by atoms with Gasteiger partial charge in [0.25, 0.3) is 0 Å². The summed E-state index contributed by atoms with van der Waals surface area (Å²) in [7, 11) is 0. The molecule has 0 spiro atoms. The molecule has 0 radical (unpaired) electrons. The average Bonchev–Trinajstić information content (AvgIpc) is 2.30. The van der Waals surface area contributed by atoms with Gasteiger partial charge in [-0.1, -0.05) is 34.6 Å². The topological polar surface area (TPSA) is 12.0 Å². The monoisotopic (exact) mass is 169 g/mol.